The number of aliphatic imine (C=N–C) groups is 2. The SMILES string of the molecule is C=C/C=N\C(=NC)N1CCN(C(=O)Cn2nc(-c3ccc(F)c(C)n3)cc2CCC)CC1. The molecule has 2 aromatic heterocycles. The molecule has 0 N–H and O–H groups in total. The predicted octanol–water partition coefficient (Wildman–Crippen LogP) is 2.73. The maximum Gasteiger partial charge on any atom is 0.244 e. The maximum absolute atomic E-state index is 13.6. The number of allylic oxidation sites excluding steroid dienone is 1. The molecule has 1 saturated heterocycles. The average Bonchev–Trinajstić information content (AvgIpc) is 3.19. The Kier molecular flexibility index (Phi) is 7.86. The molecule has 0 aliphatic carbocycles. The van der Waals surface area contributed by atoms with Gasteiger partial charge in [0.15, 0.2) is 0 Å². The number of piperazine rings is 1. The number of amides is 1. The van der Waals surface area contributed by atoms with Gasteiger partial charge in [-0.05, 0) is 31.5 Å². The first-order chi connectivity index (χ1) is 15.5. The molecule has 1 aliphatic rings. The van der Waals surface area contributed by atoms with Crippen molar-refractivity contribution in [2.45, 2.75) is 33.2 Å². The van der Waals surface area contributed by atoms with Crippen LogP contribution in [0.5, 0.6) is 0 Å². The molecule has 0 aromatic carbocycles. The van der Waals surface area contributed by atoms with Gasteiger partial charge >= 0.3 is 0 Å². The standard InChI is InChI=1S/C23H30FN7O/c1-5-7-18-15-21(20-9-8-19(24)17(3)27-20)28-31(18)16-22(32)29-11-13-30(14-12-29)23(25-4)26-10-6-2/h6,8-10,15H,2,5,7,11-14,16H2,1,3-4H3/b25-23?,26-10-. The van der Waals surface area contributed by atoms with Gasteiger partial charge in [-0.15, -0.1) is 0 Å². The van der Waals surface area contributed by atoms with E-state index < -0.39 is 0 Å². The van der Waals surface area contributed by atoms with Crippen molar-refractivity contribution in [2.75, 3.05) is 33.2 Å². The lowest BCUT2D eigenvalue weighted by molar-refractivity contribution is -0.133. The van der Waals surface area contributed by atoms with Gasteiger partial charge in [0.25, 0.3) is 0 Å². The number of nitrogens with zero attached hydrogens (tertiary/aromatic N) is 7. The van der Waals surface area contributed by atoms with Crippen LogP contribution in [-0.4, -0.2) is 75.9 Å². The number of aryl methyl sites for hydroxylation is 2. The number of carbonyl (C=O) groups excluding carboxylic acids is 1. The summed E-state index contributed by atoms with van der Waals surface area (Å²) in [7, 11) is 1.70. The third-order valence-electron chi connectivity index (χ3n) is 5.35. The molecule has 0 bridgehead atoms. The third kappa shape index (κ3) is 5.46. The summed E-state index contributed by atoms with van der Waals surface area (Å²) in [6.45, 7) is 10.0. The summed E-state index contributed by atoms with van der Waals surface area (Å²) in [5.74, 6) is 0.313. The van der Waals surface area contributed by atoms with Crippen molar-refractivity contribution in [2.24, 2.45) is 9.98 Å². The highest BCUT2D eigenvalue weighted by molar-refractivity contribution is 5.90. The molecular formula is C23H30FN7O. The van der Waals surface area contributed by atoms with Crippen molar-refractivity contribution >= 4 is 18.1 Å². The van der Waals surface area contributed by atoms with E-state index in [4.69, 9.17) is 0 Å². The van der Waals surface area contributed by atoms with E-state index in [1.54, 1.807) is 37.0 Å². The number of carbonyl (C=O) groups is 1. The molecule has 0 saturated carbocycles. The zero-order chi connectivity index (χ0) is 23.1. The molecule has 1 fully saturated rings. The number of pyridine rings is 1. The molecule has 170 valence electrons. The van der Waals surface area contributed by atoms with Gasteiger partial charge < -0.3 is 9.80 Å². The summed E-state index contributed by atoms with van der Waals surface area (Å²) in [4.78, 5) is 29.7. The first kappa shape index (κ1) is 23.3. The summed E-state index contributed by atoms with van der Waals surface area (Å²) in [5, 5.41) is 4.62. The van der Waals surface area contributed by atoms with Crippen LogP contribution in [0.3, 0.4) is 0 Å². The van der Waals surface area contributed by atoms with Crippen LogP contribution in [0.4, 0.5) is 4.39 Å². The lowest BCUT2D eigenvalue weighted by Crippen LogP contribution is -2.51. The molecule has 1 aliphatic heterocycles. The van der Waals surface area contributed by atoms with Gasteiger partial charge in [-0.3, -0.25) is 14.5 Å². The van der Waals surface area contributed by atoms with Gasteiger partial charge in [-0.1, -0.05) is 26.0 Å². The predicted molar refractivity (Wildman–Crippen MR) is 124 cm³/mol. The lowest BCUT2D eigenvalue weighted by atomic mass is 10.2. The Labute approximate surface area is 188 Å². The number of hydrogen-bond donors (Lipinski definition) is 0. The Balaban J connectivity index is 1.69. The fourth-order valence-electron chi connectivity index (χ4n) is 3.65. The Hall–Kier alpha value is -3.36. The normalized spacial score (nSPS) is 14.9. The van der Waals surface area contributed by atoms with E-state index in [0.29, 0.717) is 49.2 Å². The van der Waals surface area contributed by atoms with Crippen LogP contribution < -0.4 is 0 Å². The van der Waals surface area contributed by atoms with Crippen LogP contribution >= 0.6 is 0 Å². The Bertz CT molecular complexity index is 1020. The zero-order valence-electron chi connectivity index (χ0n) is 19.0. The smallest absolute Gasteiger partial charge is 0.244 e. The van der Waals surface area contributed by atoms with Crippen molar-refractivity contribution in [1.29, 1.82) is 0 Å². The van der Waals surface area contributed by atoms with E-state index in [2.05, 4.69) is 38.5 Å². The topological polar surface area (TPSA) is 79.0 Å². The third-order valence-corrected chi connectivity index (χ3v) is 5.35. The van der Waals surface area contributed by atoms with Crippen LogP contribution in [0.15, 0.2) is 40.8 Å². The van der Waals surface area contributed by atoms with Crippen LogP contribution in [0.1, 0.15) is 24.7 Å². The minimum Gasteiger partial charge on any atom is -0.338 e. The number of guanidine groups is 1. The molecule has 32 heavy (non-hydrogen) atoms. The van der Waals surface area contributed by atoms with Gasteiger partial charge in [0.1, 0.15) is 18.1 Å². The Morgan fingerprint density at radius 1 is 1.22 bits per heavy atom. The average molecular weight is 440 g/mol. The highest BCUT2D eigenvalue weighted by Crippen LogP contribution is 2.20. The van der Waals surface area contributed by atoms with Crippen molar-refractivity contribution in [3.05, 3.63) is 48.1 Å². The van der Waals surface area contributed by atoms with Gasteiger partial charge in [0, 0.05) is 45.1 Å². The second kappa shape index (κ2) is 10.8. The largest absolute Gasteiger partial charge is 0.338 e. The van der Waals surface area contributed by atoms with Gasteiger partial charge in [0.05, 0.1) is 11.4 Å². The highest BCUT2D eigenvalue weighted by atomic mass is 19.1. The summed E-state index contributed by atoms with van der Waals surface area (Å²) < 4.78 is 15.3. The van der Waals surface area contributed by atoms with Crippen molar-refractivity contribution < 1.29 is 9.18 Å². The van der Waals surface area contributed by atoms with E-state index >= 15 is 0 Å². The minimum atomic E-state index is -0.345. The molecular weight excluding hydrogens is 409 g/mol. The molecule has 3 rings (SSSR count). The number of hydrogen-bond acceptors (Lipinski definition) is 4. The molecule has 0 atom stereocenters. The number of halogens is 1. The number of aromatic nitrogens is 3. The molecule has 8 nitrogen and oxygen atoms in total. The van der Waals surface area contributed by atoms with E-state index in [-0.39, 0.29) is 18.3 Å². The van der Waals surface area contributed by atoms with Crippen molar-refractivity contribution in [3.63, 3.8) is 0 Å². The molecule has 0 unspecified atom stereocenters. The van der Waals surface area contributed by atoms with Gasteiger partial charge in [-0.25, -0.2) is 14.4 Å². The monoisotopic (exact) mass is 439 g/mol. The second-order valence-corrected chi connectivity index (χ2v) is 7.60. The van der Waals surface area contributed by atoms with Crippen molar-refractivity contribution in [1.82, 2.24) is 24.6 Å². The van der Waals surface area contributed by atoms with E-state index in [0.717, 1.165) is 18.5 Å². The molecule has 0 radical (unpaired) electrons. The van der Waals surface area contributed by atoms with E-state index in [9.17, 15) is 9.18 Å². The van der Waals surface area contributed by atoms with Crippen LogP contribution in [-0.2, 0) is 17.8 Å². The molecule has 3 heterocycles. The fraction of sp³-hybridized carbons (Fsp3) is 0.435. The minimum absolute atomic E-state index is 0.0180. The van der Waals surface area contributed by atoms with E-state index in [1.807, 2.05) is 11.0 Å². The Morgan fingerprint density at radius 2 is 1.94 bits per heavy atom. The quantitative estimate of drug-likeness (QED) is 0.512. The summed E-state index contributed by atoms with van der Waals surface area (Å²) in [6, 6.07) is 4.96. The fourth-order valence-corrected chi connectivity index (χ4v) is 3.65. The summed E-state index contributed by atoms with van der Waals surface area (Å²) >= 11 is 0. The van der Waals surface area contributed by atoms with Gasteiger partial charge in [-0.2, -0.15) is 5.10 Å². The highest BCUT2D eigenvalue weighted by Gasteiger charge is 2.24. The van der Waals surface area contributed by atoms with Crippen LogP contribution in [0, 0.1) is 12.7 Å². The molecule has 0 spiro atoms. The molecule has 1 amide bonds. The van der Waals surface area contributed by atoms with Gasteiger partial charge in [0.2, 0.25) is 11.9 Å². The van der Waals surface area contributed by atoms with E-state index in [1.165, 1.54) is 6.07 Å². The zero-order valence-corrected chi connectivity index (χ0v) is 19.0. The number of rotatable bonds is 6. The summed E-state index contributed by atoms with van der Waals surface area (Å²) in [6.07, 6.45) is 4.95. The lowest BCUT2D eigenvalue weighted by Gasteiger charge is -2.35. The Morgan fingerprint density at radius 3 is 2.56 bits per heavy atom. The van der Waals surface area contributed by atoms with Crippen LogP contribution in [0.2, 0.25) is 0 Å². The second-order valence-electron chi connectivity index (χ2n) is 7.60. The maximum atomic E-state index is 13.6. The van der Waals surface area contributed by atoms with Crippen LogP contribution in [0.25, 0.3) is 11.4 Å². The molecule has 9 heteroatoms. The van der Waals surface area contributed by atoms with Crippen molar-refractivity contribution in [3.8, 4) is 11.4 Å². The first-order valence-corrected chi connectivity index (χ1v) is 10.8. The summed E-state index contributed by atoms with van der Waals surface area (Å²) in [5.41, 5.74) is 2.55. The molecule has 2 aromatic rings. The first-order valence-electron chi connectivity index (χ1n) is 10.8.